The van der Waals surface area contributed by atoms with Gasteiger partial charge in [0.15, 0.2) is 0 Å². The maximum atomic E-state index is 6.04. The van der Waals surface area contributed by atoms with E-state index >= 15 is 0 Å². The number of benzene rings is 1. The molecule has 84 valence electrons. The molecule has 0 amide bonds. The zero-order valence-electron chi connectivity index (χ0n) is 9.79. The third-order valence-electron chi connectivity index (χ3n) is 2.56. The van der Waals surface area contributed by atoms with Crippen molar-refractivity contribution in [1.82, 2.24) is 5.32 Å². The Kier molecular flexibility index (Phi) is 5.37. The van der Waals surface area contributed by atoms with Crippen LogP contribution < -0.4 is 11.1 Å². The molecule has 0 fully saturated rings. The minimum Gasteiger partial charge on any atom is -0.323 e. The molecule has 3 N–H and O–H groups in total. The largest absolute Gasteiger partial charge is 0.323 e. The lowest BCUT2D eigenvalue weighted by Crippen LogP contribution is -2.26. The van der Waals surface area contributed by atoms with Crippen LogP contribution in [0.5, 0.6) is 0 Å². The van der Waals surface area contributed by atoms with E-state index in [1.54, 1.807) is 0 Å². The van der Waals surface area contributed by atoms with Crippen LogP contribution in [0.3, 0.4) is 0 Å². The number of rotatable bonds is 6. The van der Waals surface area contributed by atoms with Crippen LogP contribution in [0.2, 0.25) is 0 Å². The molecule has 0 saturated heterocycles. The molecular weight excluding hydrogens is 184 g/mol. The highest BCUT2D eigenvalue weighted by Gasteiger charge is 2.04. The summed E-state index contributed by atoms with van der Waals surface area (Å²) in [6.45, 7) is 6.12. The summed E-state index contributed by atoms with van der Waals surface area (Å²) in [6, 6.07) is 8.77. The molecule has 0 radical (unpaired) electrons. The van der Waals surface area contributed by atoms with Crippen molar-refractivity contribution in [3.05, 3.63) is 35.4 Å². The van der Waals surface area contributed by atoms with Gasteiger partial charge in [0, 0.05) is 12.6 Å². The summed E-state index contributed by atoms with van der Waals surface area (Å²) in [4.78, 5) is 0. The second kappa shape index (κ2) is 6.59. The fourth-order valence-corrected chi connectivity index (χ4v) is 1.64. The Hall–Kier alpha value is -0.860. The van der Waals surface area contributed by atoms with Crippen LogP contribution in [0.1, 0.15) is 37.4 Å². The third-order valence-corrected chi connectivity index (χ3v) is 2.56. The van der Waals surface area contributed by atoms with E-state index in [0.717, 1.165) is 19.5 Å². The summed E-state index contributed by atoms with van der Waals surface area (Å²) < 4.78 is 0. The van der Waals surface area contributed by atoms with Gasteiger partial charge in [-0.2, -0.15) is 0 Å². The molecule has 0 saturated carbocycles. The molecule has 0 spiro atoms. The minimum absolute atomic E-state index is 0.112. The molecule has 0 aliphatic heterocycles. The summed E-state index contributed by atoms with van der Waals surface area (Å²) >= 11 is 0. The number of aryl methyl sites for hydroxylation is 1. The first-order valence-corrected chi connectivity index (χ1v) is 5.83. The Morgan fingerprint density at radius 2 is 1.87 bits per heavy atom. The second-order valence-electron chi connectivity index (χ2n) is 3.91. The van der Waals surface area contributed by atoms with Crippen molar-refractivity contribution in [1.29, 1.82) is 0 Å². The smallest absolute Gasteiger partial charge is 0.0421 e. The Labute approximate surface area is 92.9 Å². The lowest BCUT2D eigenvalue weighted by Gasteiger charge is -2.12. The van der Waals surface area contributed by atoms with Crippen LogP contribution in [0.15, 0.2) is 24.3 Å². The van der Waals surface area contributed by atoms with Crippen LogP contribution >= 0.6 is 0 Å². The van der Waals surface area contributed by atoms with Crippen molar-refractivity contribution in [2.45, 2.75) is 32.7 Å². The average molecular weight is 206 g/mol. The molecule has 1 aromatic rings. The van der Waals surface area contributed by atoms with Gasteiger partial charge in [-0.15, -0.1) is 0 Å². The van der Waals surface area contributed by atoms with Crippen molar-refractivity contribution < 1.29 is 0 Å². The van der Waals surface area contributed by atoms with E-state index in [-0.39, 0.29) is 6.04 Å². The van der Waals surface area contributed by atoms with Gasteiger partial charge in [0.25, 0.3) is 0 Å². The third kappa shape index (κ3) is 4.02. The summed E-state index contributed by atoms with van der Waals surface area (Å²) in [5, 5.41) is 3.26. The average Bonchev–Trinajstić information content (AvgIpc) is 2.27. The SMILES string of the molecule is CCCc1ccc(C(N)CNCC)cc1. The first-order valence-electron chi connectivity index (χ1n) is 5.83. The number of hydrogen-bond acceptors (Lipinski definition) is 2. The number of likely N-dealkylation sites (N-methyl/N-ethyl adjacent to an activating group) is 1. The lowest BCUT2D eigenvalue weighted by atomic mass is 10.0. The van der Waals surface area contributed by atoms with Crippen molar-refractivity contribution in [2.24, 2.45) is 5.73 Å². The van der Waals surface area contributed by atoms with E-state index < -0.39 is 0 Å². The van der Waals surface area contributed by atoms with Gasteiger partial charge in [-0.1, -0.05) is 44.5 Å². The van der Waals surface area contributed by atoms with Gasteiger partial charge in [-0.25, -0.2) is 0 Å². The van der Waals surface area contributed by atoms with E-state index in [9.17, 15) is 0 Å². The van der Waals surface area contributed by atoms with Gasteiger partial charge < -0.3 is 11.1 Å². The molecule has 1 unspecified atom stereocenters. The summed E-state index contributed by atoms with van der Waals surface area (Å²) in [5.74, 6) is 0. The van der Waals surface area contributed by atoms with Crippen molar-refractivity contribution in [3.63, 3.8) is 0 Å². The van der Waals surface area contributed by atoms with E-state index in [1.165, 1.54) is 17.5 Å². The number of nitrogens with two attached hydrogens (primary N) is 1. The van der Waals surface area contributed by atoms with Crippen LogP contribution in [0.4, 0.5) is 0 Å². The van der Waals surface area contributed by atoms with Gasteiger partial charge in [-0.3, -0.25) is 0 Å². The quantitative estimate of drug-likeness (QED) is 0.749. The van der Waals surface area contributed by atoms with Crippen LogP contribution in [-0.2, 0) is 6.42 Å². The molecule has 0 aliphatic rings. The normalized spacial score (nSPS) is 12.7. The highest BCUT2D eigenvalue weighted by molar-refractivity contribution is 5.25. The molecule has 1 aromatic carbocycles. The zero-order valence-corrected chi connectivity index (χ0v) is 9.79. The molecule has 15 heavy (non-hydrogen) atoms. The van der Waals surface area contributed by atoms with Gasteiger partial charge in [0.05, 0.1) is 0 Å². The molecule has 0 bridgehead atoms. The Morgan fingerprint density at radius 3 is 2.40 bits per heavy atom. The predicted molar refractivity (Wildman–Crippen MR) is 65.9 cm³/mol. The van der Waals surface area contributed by atoms with Gasteiger partial charge in [0.1, 0.15) is 0 Å². The Bertz CT molecular complexity index is 266. The number of hydrogen-bond donors (Lipinski definition) is 2. The maximum absolute atomic E-state index is 6.04. The fourth-order valence-electron chi connectivity index (χ4n) is 1.64. The first-order chi connectivity index (χ1) is 7.27. The second-order valence-corrected chi connectivity index (χ2v) is 3.91. The lowest BCUT2D eigenvalue weighted by molar-refractivity contribution is 0.615. The fraction of sp³-hybridized carbons (Fsp3) is 0.538. The Balaban J connectivity index is 2.54. The van der Waals surface area contributed by atoms with E-state index in [1.807, 2.05) is 0 Å². The van der Waals surface area contributed by atoms with Crippen molar-refractivity contribution in [3.8, 4) is 0 Å². The van der Waals surface area contributed by atoms with Crippen LogP contribution in [0.25, 0.3) is 0 Å². The van der Waals surface area contributed by atoms with Crippen molar-refractivity contribution >= 4 is 0 Å². The summed E-state index contributed by atoms with van der Waals surface area (Å²) in [6.07, 6.45) is 2.35. The standard InChI is InChI=1S/C13H22N2/c1-3-5-11-6-8-12(9-7-11)13(14)10-15-4-2/h6-9,13,15H,3-5,10,14H2,1-2H3. The predicted octanol–water partition coefficient (Wildman–Crippen LogP) is 2.25. The molecule has 1 rings (SSSR count). The monoisotopic (exact) mass is 206 g/mol. The molecular formula is C13H22N2. The van der Waals surface area contributed by atoms with E-state index in [2.05, 4.69) is 43.4 Å². The Morgan fingerprint density at radius 1 is 1.20 bits per heavy atom. The molecule has 1 atom stereocenters. The topological polar surface area (TPSA) is 38.0 Å². The molecule has 2 nitrogen and oxygen atoms in total. The van der Waals surface area contributed by atoms with Gasteiger partial charge in [-0.05, 0) is 24.1 Å². The highest BCUT2D eigenvalue weighted by atomic mass is 14.9. The first kappa shape index (κ1) is 12.2. The van der Waals surface area contributed by atoms with Gasteiger partial charge in [0.2, 0.25) is 0 Å². The molecule has 0 aromatic heterocycles. The van der Waals surface area contributed by atoms with Crippen LogP contribution in [-0.4, -0.2) is 13.1 Å². The molecule has 2 heteroatoms. The summed E-state index contributed by atoms with van der Waals surface area (Å²) in [5.41, 5.74) is 8.66. The minimum atomic E-state index is 0.112. The van der Waals surface area contributed by atoms with Crippen LogP contribution in [0, 0.1) is 0 Å². The number of nitrogens with one attached hydrogen (secondary N) is 1. The maximum Gasteiger partial charge on any atom is 0.0421 e. The van der Waals surface area contributed by atoms with Crippen molar-refractivity contribution in [2.75, 3.05) is 13.1 Å². The van der Waals surface area contributed by atoms with E-state index in [4.69, 9.17) is 5.73 Å². The van der Waals surface area contributed by atoms with E-state index in [0.29, 0.717) is 0 Å². The highest BCUT2D eigenvalue weighted by Crippen LogP contribution is 2.12. The molecule has 0 aliphatic carbocycles. The summed E-state index contributed by atoms with van der Waals surface area (Å²) in [7, 11) is 0. The zero-order chi connectivity index (χ0) is 11.1. The van der Waals surface area contributed by atoms with Gasteiger partial charge >= 0.3 is 0 Å². The molecule has 0 heterocycles.